The maximum atomic E-state index is 5.92. The molecule has 1 N–H and O–H groups in total. The normalized spacial score (nSPS) is 10.2. The van der Waals surface area contributed by atoms with Gasteiger partial charge in [0, 0.05) is 0 Å². The first-order valence-electron chi connectivity index (χ1n) is 5.19. The molecular weight excluding hydrogens is 318 g/mol. The van der Waals surface area contributed by atoms with Gasteiger partial charge in [0.2, 0.25) is 0 Å². The molecule has 0 saturated carbocycles. The third-order valence-electron chi connectivity index (χ3n) is 2.35. The number of aryl methyl sites for hydroxylation is 1. The second-order valence-electron chi connectivity index (χ2n) is 3.66. The lowest BCUT2D eigenvalue weighted by molar-refractivity contribution is 0.416. The molecule has 0 atom stereocenters. The summed E-state index contributed by atoms with van der Waals surface area (Å²) in [6.07, 6.45) is 1.40. The van der Waals surface area contributed by atoms with Crippen LogP contribution in [0.5, 0.6) is 5.75 Å². The van der Waals surface area contributed by atoms with Crippen molar-refractivity contribution in [2.45, 2.75) is 6.92 Å². The van der Waals surface area contributed by atoms with E-state index in [-0.39, 0.29) is 0 Å². The first kappa shape index (κ1) is 13.1. The van der Waals surface area contributed by atoms with E-state index < -0.39 is 0 Å². The maximum absolute atomic E-state index is 5.92. The minimum atomic E-state index is 0.360. The third kappa shape index (κ3) is 2.73. The molecule has 1 aromatic carbocycles. The summed E-state index contributed by atoms with van der Waals surface area (Å²) in [6, 6.07) is 5.85. The van der Waals surface area contributed by atoms with Gasteiger partial charge in [-0.1, -0.05) is 17.7 Å². The molecule has 4 nitrogen and oxygen atoms in total. The zero-order valence-corrected chi connectivity index (χ0v) is 12.2. The van der Waals surface area contributed by atoms with Gasteiger partial charge in [0.05, 0.1) is 17.3 Å². The number of benzene rings is 1. The number of anilines is 2. The van der Waals surface area contributed by atoms with Gasteiger partial charge in [-0.05, 0) is 40.5 Å². The number of hydrogen-bond donors (Lipinski definition) is 1. The van der Waals surface area contributed by atoms with Crippen molar-refractivity contribution in [3.8, 4) is 5.75 Å². The Morgan fingerprint density at radius 2 is 2.11 bits per heavy atom. The van der Waals surface area contributed by atoms with Crippen molar-refractivity contribution in [1.82, 2.24) is 9.97 Å². The summed E-state index contributed by atoms with van der Waals surface area (Å²) in [7, 11) is 1.62. The molecule has 0 aliphatic rings. The van der Waals surface area contributed by atoms with E-state index in [1.807, 2.05) is 25.1 Å². The summed E-state index contributed by atoms with van der Waals surface area (Å²) < 4.78 is 5.91. The second kappa shape index (κ2) is 5.54. The standard InChI is InChI=1S/C12H11BrClN3O/c1-7-3-4-9(18-2)8(5-7)17-12-10(13)11(14)15-6-16-12/h3-6H,1-2H3,(H,15,16,17). The number of ether oxygens (including phenoxy) is 1. The first-order chi connectivity index (χ1) is 8.61. The van der Waals surface area contributed by atoms with Crippen LogP contribution in [0.1, 0.15) is 5.56 Å². The Hall–Kier alpha value is -1.33. The minimum Gasteiger partial charge on any atom is -0.495 e. The predicted octanol–water partition coefficient (Wildman–Crippen LogP) is 3.95. The number of nitrogens with one attached hydrogen (secondary N) is 1. The fourth-order valence-corrected chi connectivity index (χ4v) is 1.92. The topological polar surface area (TPSA) is 47.0 Å². The smallest absolute Gasteiger partial charge is 0.149 e. The molecule has 0 saturated heterocycles. The first-order valence-corrected chi connectivity index (χ1v) is 6.36. The molecule has 94 valence electrons. The summed E-state index contributed by atoms with van der Waals surface area (Å²) in [4.78, 5) is 8.01. The van der Waals surface area contributed by atoms with Crippen LogP contribution in [0.25, 0.3) is 0 Å². The van der Waals surface area contributed by atoms with Crippen molar-refractivity contribution in [1.29, 1.82) is 0 Å². The van der Waals surface area contributed by atoms with Crippen LogP contribution in [0.3, 0.4) is 0 Å². The van der Waals surface area contributed by atoms with E-state index in [9.17, 15) is 0 Å². The summed E-state index contributed by atoms with van der Waals surface area (Å²) in [6.45, 7) is 2.01. The van der Waals surface area contributed by atoms with Gasteiger partial charge in [0.15, 0.2) is 0 Å². The molecule has 6 heteroatoms. The van der Waals surface area contributed by atoms with E-state index in [1.54, 1.807) is 7.11 Å². The monoisotopic (exact) mass is 327 g/mol. The van der Waals surface area contributed by atoms with Crippen molar-refractivity contribution in [3.05, 3.63) is 39.7 Å². The van der Waals surface area contributed by atoms with E-state index in [1.165, 1.54) is 6.33 Å². The van der Waals surface area contributed by atoms with Crippen LogP contribution in [0.15, 0.2) is 29.0 Å². The van der Waals surface area contributed by atoms with E-state index in [0.29, 0.717) is 15.4 Å². The molecule has 0 unspecified atom stereocenters. The molecule has 0 aliphatic carbocycles. The van der Waals surface area contributed by atoms with Crippen LogP contribution >= 0.6 is 27.5 Å². The van der Waals surface area contributed by atoms with Crippen molar-refractivity contribution in [3.63, 3.8) is 0 Å². The second-order valence-corrected chi connectivity index (χ2v) is 4.81. The Labute approximate surface area is 118 Å². The zero-order valence-electron chi connectivity index (χ0n) is 9.87. The highest BCUT2D eigenvalue weighted by Crippen LogP contribution is 2.32. The highest BCUT2D eigenvalue weighted by atomic mass is 79.9. The number of rotatable bonds is 3. The van der Waals surface area contributed by atoms with Crippen LogP contribution < -0.4 is 10.1 Å². The molecule has 0 spiro atoms. The summed E-state index contributed by atoms with van der Waals surface area (Å²) in [5.74, 6) is 1.33. The SMILES string of the molecule is COc1ccc(C)cc1Nc1ncnc(Cl)c1Br. The van der Waals surface area contributed by atoms with Gasteiger partial charge in [-0.2, -0.15) is 0 Å². The highest BCUT2D eigenvalue weighted by molar-refractivity contribution is 9.10. The molecule has 1 heterocycles. The maximum Gasteiger partial charge on any atom is 0.149 e. The van der Waals surface area contributed by atoms with Gasteiger partial charge in [-0.3, -0.25) is 0 Å². The molecule has 2 rings (SSSR count). The van der Waals surface area contributed by atoms with Gasteiger partial charge < -0.3 is 10.1 Å². The molecule has 1 aromatic heterocycles. The van der Waals surface area contributed by atoms with Crippen LogP contribution in [0.2, 0.25) is 5.15 Å². The Kier molecular flexibility index (Phi) is 4.04. The van der Waals surface area contributed by atoms with Crippen molar-refractivity contribution < 1.29 is 4.74 Å². The molecule has 0 amide bonds. The number of aromatic nitrogens is 2. The summed E-state index contributed by atoms with van der Waals surface area (Å²) in [5, 5.41) is 3.53. The van der Waals surface area contributed by atoms with E-state index in [0.717, 1.165) is 17.0 Å². The average Bonchev–Trinajstić information content (AvgIpc) is 2.35. The van der Waals surface area contributed by atoms with Crippen LogP contribution in [0.4, 0.5) is 11.5 Å². The molecule has 0 fully saturated rings. The number of methoxy groups -OCH3 is 1. The fourth-order valence-electron chi connectivity index (χ4n) is 1.48. The Balaban J connectivity index is 2.39. The molecule has 0 bridgehead atoms. The zero-order chi connectivity index (χ0) is 13.1. The van der Waals surface area contributed by atoms with Crippen molar-refractivity contribution in [2.75, 3.05) is 12.4 Å². The lowest BCUT2D eigenvalue weighted by atomic mass is 10.2. The van der Waals surface area contributed by atoms with E-state index in [4.69, 9.17) is 16.3 Å². The highest BCUT2D eigenvalue weighted by Gasteiger charge is 2.09. The minimum absolute atomic E-state index is 0.360. The van der Waals surface area contributed by atoms with Crippen molar-refractivity contribution >= 4 is 39.0 Å². The summed E-state index contributed by atoms with van der Waals surface area (Å²) in [5.41, 5.74) is 1.95. The average molecular weight is 329 g/mol. The fraction of sp³-hybridized carbons (Fsp3) is 0.167. The molecule has 0 aliphatic heterocycles. The predicted molar refractivity (Wildman–Crippen MR) is 75.8 cm³/mol. The largest absolute Gasteiger partial charge is 0.495 e. The van der Waals surface area contributed by atoms with Crippen LogP contribution in [0, 0.1) is 6.92 Å². The Morgan fingerprint density at radius 3 is 2.83 bits per heavy atom. The Bertz CT molecular complexity index is 577. The van der Waals surface area contributed by atoms with Gasteiger partial charge in [-0.15, -0.1) is 0 Å². The lowest BCUT2D eigenvalue weighted by Gasteiger charge is -2.12. The van der Waals surface area contributed by atoms with Gasteiger partial charge >= 0.3 is 0 Å². The van der Waals surface area contributed by atoms with Gasteiger partial charge in [0.1, 0.15) is 23.0 Å². The third-order valence-corrected chi connectivity index (χ3v) is 3.62. The van der Waals surface area contributed by atoms with E-state index in [2.05, 4.69) is 31.2 Å². The number of halogens is 2. The molecule has 2 aromatic rings. The van der Waals surface area contributed by atoms with Crippen LogP contribution in [-0.4, -0.2) is 17.1 Å². The molecular formula is C12H11BrClN3O. The summed E-state index contributed by atoms with van der Waals surface area (Å²) >= 11 is 9.26. The molecule has 0 radical (unpaired) electrons. The quantitative estimate of drug-likeness (QED) is 0.867. The van der Waals surface area contributed by atoms with Crippen molar-refractivity contribution in [2.24, 2.45) is 0 Å². The number of nitrogens with zero attached hydrogens (tertiary/aromatic N) is 2. The van der Waals surface area contributed by atoms with Crippen LogP contribution in [-0.2, 0) is 0 Å². The van der Waals surface area contributed by atoms with Gasteiger partial charge in [0.25, 0.3) is 0 Å². The Morgan fingerprint density at radius 1 is 1.33 bits per heavy atom. The van der Waals surface area contributed by atoms with Gasteiger partial charge in [-0.25, -0.2) is 9.97 Å². The lowest BCUT2D eigenvalue weighted by Crippen LogP contribution is -1.99. The number of hydrogen-bond acceptors (Lipinski definition) is 4. The van der Waals surface area contributed by atoms with E-state index >= 15 is 0 Å². The molecule has 18 heavy (non-hydrogen) atoms.